The largest absolute Gasteiger partial charge is 0.458 e. The minimum absolute atomic E-state index is 0.0326. The Morgan fingerprint density at radius 1 is 0.706 bits per heavy atom. The predicted octanol–water partition coefficient (Wildman–Crippen LogP) is 3.81. The quantitative estimate of drug-likeness (QED) is 0.259. The molecule has 0 unspecified atom stereocenters. The smallest absolute Gasteiger partial charge is 0.329 e. The van der Waals surface area contributed by atoms with Crippen LogP contribution in [-0.4, -0.2) is 81.4 Å². The zero-order valence-corrected chi connectivity index (χ0v) is 23.0. The molecule has 8 nitrogen and oxygen atoms in total. The van der Waals surface area contributed by atoms with Gasteiger partial charge in [0.2, 0.25) is 11.8 Å². The van der Waals surface area contributed by atoms with Crippen LogP contribution in [0, 0.1) is 0 Å². The van der Waals surface area contributed by atoms with Gasteiger partial charge < -0.3 is 19.3 Å². The fraction of sp³-hybridized carbons (Fsp3) is 0.833. The Morgan fingerprint density at radius 3 is 1.38 bits per heavy atom. The Hall–Kier alpha value is -1.42. The number of hydrogen-bond donors (Lipinski definition) is 0. The van der Waals surface area contributed by atoms with Crippen LogP contribution in [0.1, 0.15) is 80.1 Å². The van der Waals surface area contributed by atoms with E-state index >= 15 is 0 Å². The number of esters is 2. The van der Waals surface area contributed by atoms with Gasteiger partial charge in [0.25, 0.3) is 0 Å². The highest BCUT2D eigenvalue weighted by Gasteiger charge is 2.37. The molecule has 2 aliphatic rings. The molecule has 34 heavy (non-hydrogen) atoms. The lowest BCUT2D eigenvalue weighted by Gasteiger charge is -2.27. The van der Waals surface area contributed by atoms with E-state index in [1.54, 1.807) is 31.4 Å². The first-order valence-corrected chi connectivity index (χ1v) is 14.6. The van der Waals surface area contributed by atoms with Crippen LogP contribution in [-0.2, 0) is 28.7 Å². The summed E-state index contributed by atoms with van der Waals surface area (Å²) in [4.78, 5) is 53.4. The van der Waals surface area contributed by atoms with Crippen LogP contribution in [0.2, 0.25) is 0 Å². The molecule has 0 spiro atoms. The first-order chi connectivity index (χ1) is 15.8. The highest BCUT2D eigenvalue weighted by molar-refractivity contribution is 8.76. The van der Waals surface area contributed by atoms with Crippen LogP contribution >= 0.6 is 21.6 Å². The Kier molecular flexibility index (Phi) is 10.6. The molecule has 0 saturated carbocycles. The molecule has 194 valence electrons. The molecule has 0 aliphatic carbocycles. The van der Waals surface area contributed by atoms with Crippen LogP contribution in [0.25, 0.3) is 0 Å². The van der Waals surface area contributed by atoms with Gasteiger partial charge in [-0.2, -0.15) is 0 Å². The minimum Gasteiger partial charge on any atom is -0.458 e. The fourth-order valence-electron chi connectivity index (χ4n) is 4.02. The third-order valence-corrected chi connectivity index (χ3v) is 7.79. The lowest BCUT2D eigenvalue weighted by atomic mass is 10.1. The predicted molar refractivity (Wildman–Crippen MR) is 135 cm³/mol. The van der Waals surface area contributed by atoms with Crippen LogP contribution in [0.5, 0.6) is 0 Å². The molecule has 2 aliphatic heterocycles. The number of nitrogens with zero attached hydrogens (tertiary/aromatic N) is 2. The number of carbonyl (C=O) groups is 4. The van der Waals surface area contributed by atoms with Gasteiger partial charge in [-0.3, -0.25) is 9.59 Å². The van der Waals surface area contributed by atoms with Gasteiger partial charge in [-0.05, 0) is 67.2 Å². The van der Waals surface area contributed by atoms with Crippen molar-refractivity contribution in [2.24, 2.45) is 0 Å². The molecule has 2 saturated heterocycles. The van der Waals surface area contributed by atoms with E-state index in [1.165, 1.54) is 0 Å². The second kappa shape index (κ2) is 12.5. The molecule has 0 aromatic heterocycles. The van der Waals surface area contributed by atoms with E-state index in [0.717, 1.165) is 12.8 Å². The number of rotatable bonds is 9. The van der Waals surface area contributed by atoms with Crippen LogP contribution in [0.4, 0.5) is 0 Å². The summed E-state index contributed by atoms with van der Waals surface area (Å²) in [5.74, 6) is 0.500. The van der Waals surface area contributed by atoms with Crippen LogP contribution in [0.3, 0.4) is 0 Å². The summed E-state index contributed by atoms with van der Waals surface area (Å²) in [6.45, 7) is 12.1. The lowest BCUT2D eigenvalue weighted by Crippen LogP contribution is -2.43. The second-order valence-corrected chi connectivity index (χ2v) is 13.4. The molecular weight excluding hydrogens is 476 g/mol. The van der Waals surface area contributed by atoms with E-state index in [9.17, 15) is 19.2 Å². The first kappa shape index (κ1) is 28.8. The zero-order valence-electron chi connectivity index (χ0n) is 21.4. The number of carbonyl (C=O) groups excluding carboxylic acids is 4. The van der Waals surface area contributed by atoms with Crippen LogP contribution < -0.4 is 0 Å². The zero-order chi connectivity index (χ0) is 25.5. The summed E-state index contributed by atoms with van der Waals surface area (Å²) in [5, 5.41) is 0. The third kappa shape index (κ3) is 9.32. The monoisotopic (exact) mass is 516 g/mol. The van der Waals surface area contributed by atoms with E-state index in [0.29, 0.717) is 50.3 Å². The van der Waals surface area contributed by atoms with Crippen molar-refractivity contribution in [3.63, 3.8) is 0 Å². The SMILES string of the molecule is CC(C)(C)OC(=O)[C@H]1CCCN1C(=O)CCSSCCC(=O)N1CCC[C@@H]1C(=O)OC(C)(C)C. The van der Waals surface area contributed by atoms with Crippen molar-refractivity contribution in [2.75, 3.05) is 24.6 Å². The van der Waals surface area contributed by atoms with Gasteiger partial charge >= 0.3 is 11.9 Å². The average molecular weight is 517 g/mol. The first-order valence-electron chi connectivity index (χ1n) is 12.1. The van der Waals surface area contributed by atoms with Gasteiger partial charge in [-0.15, -0.1) is 0 Å². The highest BCUT2D eigenvalue weighted by Crippen LogP contribution is 2.27. The molecule has 2 amide bonds. The number of likely N-dealkylation sites (tertiary alicyclic amines) is 2. The maximum absolute atomic E-state index is 12.6. The summed E-state index contributed by atoms with van der Waals surface area (Å²) < 4.78 is 10.9. The molecule has 2 heterocycles. The van der Waals surface area contributed by atoms with Crippen molar-refractivity contribution < 1.29 is 28.7 Å². The molecule has 0 aromatic carbocycles. The van der Waals surface area contributed by atoms with Crippen molar-refractivity contribution in [3.8, 4) is 0 Å². The summed E-state index contributed by atoms with van der Waals surface area (Å²) in [6.07, 6.45) is 3.59. The average Bonchev–Trinajstić information content (AvgIpc) is 3.37. The minimum atomic E-state index is -0.569. The van der Waals surface area contributed by atoms with E-state index < -0.39 is 23.3 Å². The van der Waals surface area contributed by atoms with Gasteiger partial charge in [-0.1, -0.05) is 21.6 Å². The lowest BCUT2D eigenvalue weighted by molar-refractivity contribution is -0.163. The van der Waals surface area contributed by atoms with E-state index in [2.05, 4.69) is 0 Å². The highest BCUT2D eigenvalue weighted by atomic mass is 33.1. The summed E-state index contributed by atoms with van der Waals surface area (Å²) in [7, 11) is 3.10. The molecule has 0 radical (unpaired) electrons. The maximum Gasteiger partial charge on any atom is 0.329 e. The summed E-state index contributed by atoms with van der Waals surface area (Å²) in [5.41, 5.74) is -1.14. The van der Waals surface area contributed by atoms with Gasteiger partial charge in [0.15, 0.2) is 0 Å². The number of hydrogen-bond acceptors (Lipinski definition) is 8. The molecule has 0 aromatic rings. The molecule has 10 heteroatoms. The normalized spacial score (nSPS) is 21.0. The van der Waals surface area contributed by atoms with Gasteiger partial charge in [0.1, 0.15) is 23.3 Å². The van der Waals surface area contributed by atoms with Gasteiger partial charge in [0.05, 0.1) is 0 Å². The summed E-state index contributed by atoms with van der Waals surface area (Å²) in [6, 6.07) is -0.972. The molecule has 2 fully saturated rings. The fourth-order valence-corrected chi connectivity index (χ4v) is 5.98. The maximum atomic E-state index is 12.6. The summed E-state index contributed by atoms with van der Waals surface area (Å²) >= 11 is 0. The van der Waals surface area contributed by atoms with Gasteiger partial charge in [-0.25, -0.2) is 9.59 Å². The Balaban J connectivity index is 1.67. The second-order valence-electron chi connectivity index (χ2n) is 10.7. The molecule has 2 rings (SSSR count). The Morgan fingerprint density at radius 2 is 1.06 bits per heavy atom. The number of amides is 2. The molecular formula is C24H40N2O6S2. The van der Waals surface area contributed by atoms with Gasteiger partial charge in [0, 0.05) is 37.4 Å². The van der Waals surface area contributed by atoms with E-state index in [-0.39, 0.29) is 23.8 Å². The third-order valence-electron chi connectivity index (χ3n) is 5.39. The van der Waals surface area contributed by atoms with Crippen molar-refractivity contribution in [2.45, 2.75) is 103 Å². The Labute approximate surface area is 211 Å². The van der Waals surface area contributed by atoms with Crippen LogP contribution in [0.15, 0.2) is 0 Å². The van der Waals surface area contributed by atoms with Crippen molar-refractivity contribution in [3.05, 3.63) is 0 Å². The topological polar surface area (TPSA) is 93.2 Å². The standard InChI is InChI=1S/C24H40N2O6S2/c1-23(2,3)31-21(29)17-9-7-13-25(17)19(27)11-15-33-34-16-12-20(28)26-14-8-10-18(26)22(30)32-24(4,5)6/h17-18H,7-16H2,1-6H3/t17-,18-/m1/s1. The molecule has 2 atom stereocenters. The van der Waals surface area contributed by atoms with Crippen molar-refractivity contribution in [1.82, 2.24) is 9.80 Å². The van der Waals surface area contributed by atoms with Crippen molar-refractivity contribution in [1.29, 1.82) is 0 Å². The van der Waals surface area contributed by atoms with E-state index in [1.807, 2.05) is 41.5 Å². The van der Waals surface area contributed by atoms with Crippen molar-refractivity contribution >= 4 is 45.3 Å². The molecule has 0 N–H and O–H groups in total. The number of ether oxygens (including phenoxy) is 2. The van der Waals surface area contributed by atoms with E-state index in [4.69, 9.17) is 9.47 Å². The molecule has 0 bridgehead atoms. The Bertz CT molecular complexity index is 685.